The third-order valence-corrected chi connectivity index (χ3v) is 4.99. The molecule has 2 N–H and O–H groups in total. The Kier molecular flexibility index (Phi) is 2.81. The highest BCUT2D eigenvalue weighted by Crippen LogP contribution is 2.40. The van der Waals surface area contributed by atoms with E-state index < -0.39 is 0 Å². The van der Waals surface area contributed by atoms with Gasteiger partial charge in [0.05, 0.1) is 11.2 Å². The fourth-order valence-corrected chi connectivity index (χ4v) is 3.90. The molecular formula is C17H13N3OS. The Labute approximate surface area is 131 Å². The number of rotatable bonds is 0. The summed E-state index contributed by atoms with van der Waals surface area (Å²) in [5.41, 5.74) is 2.37. The molecule has 108 valence electrons. The van der Waals surface area contributed by atoms with E-state index in [-0.39, 0.29) is 11.9 Å². The first kappa shape index (κ1) is 13.1. The molecule has 0 spiro atoms. The minimum absolute atomic E-state index is 0.0185. The predicted molar refractivity (Wildman–Crippen MR) is 90.5 cm³/mol. The molecule has 1 aliphatic heterocycles. The molecule has 1 amide bonds. The summed E-state index contributed by atoms with van der Waals surface area (Å²) in [5.74, 6) is 2.54. The SMILES string of the molecule is C#Cc1ccc2c(ccc3sc4c(c32)NC[C@@H](C)NC4=O)n1. The number of terminal acetylenes is 1. The first-order valence-corrected chi connectivity index (χ1v) is 7.86. The molecule has 3 heterocycles. The van der Waals surface area contributed by atoms with E-state index in [4.69, 9.17) is 6.42 Å². The Morgan fingerprint density at radius 2 is 2.23 bits per heavy atom. The Morgan fingerprint density at radius 3 is 3.05 bits per heavy atom. The highest BCUT2D eigenvalue weighted by atomic mass is 32.1. The number of thiophene rings is 1. The first-order chi connectivity index (χ1) is 10.7. The molecule has 0 bridgehead atoms. The minimum Gasteiger partial charge on any atom is -0.381 e. The number of amides is 1. The fraction of sp³-hybridized carbons (Fsp3) is 0.176. The van der Waals surface area contributed by atoms with Gasteiger partial charge < -0.3 is 10.6 Å². The lowest BCUT2D eigenvalue weighted by Gasteiger charge is -2.09. The van der Waals surface area contributed by atoms with Gasteiger partial charge in [0.1, 0.15) is 10.6 Å². The van der Waals surface area contributed by atoms with Crippen LogP contribution in [0.4, 0.5) is 5.69 Å². The number of carbonyl (C=O) groups excluding carboxylic acids is 1. The van der Waals surface area contributed by atoms with Gasteiger partial charge in [-0.3, -0.25) is 4.79 Å². The lowest BCUT2D eigenvalue weighted by Crippen LogP contribution is -2.34. The second-order valence-corrected chi connectivity index (χ2v) is 6.46. The molecule has 1 aromatic carbocycles. The first-order valence-electron chi connectivity index (χ1n) is 7.05. The average Bonchev–Trinajstić information content (AvgIpc) is 2.85. The van der Waals surface area contributed by atoms with Crippen LogP contribution in [0.1, 0.15) is 22.3 Å². The molecule has 5 heteroatoms. The molecule has 1 atom stereocenters. The number of pyridine rings is 1. The van der Waals surface area contributed by atoms with Gasteiger partial charge in [-0.2, -0.15) is 0 Å². The van der Waals surface area contributed by atoms with Crippen molar-refractivity contribution in [3.05, 3.63) is 34.8 Å². The zero-order valence-electron chi connectivity index (χ0n) is 11.9. The number of anilines is 1. The second-order valence-electron chi connectivity index (χ2n) is 5.41. The summed E-state index contributed by atoms with van der Waals surface area (Å²) in [6.07, 6.45) is 5.42. The van der Waals surface area contributed by atoms with Gasteiger partial charge in [0.15, 0.2) is 0 Å². The van der Waals surface area contributed by atoms with Gasteiger partial charge in [0, 0.05) is 28.1 Å². The highest BCUT2D eigenvalue weighted by Gasteiger charge is 2.24. The van der Waals surface area contributed by atoms with Crippen molar-refractivity contribution in [1.82, 2.24) is 10.3 Å². The number of aromatic nitrogens is 1. The van der Waals surface area contributed by atoms with Crippen molar-refractivity contribution in [2.45, 2.75) is 13.0 Å². The lowest BCUT2D eigenvalue weighted by atomic mass is 10.1. The third kappa shape index (κ3) is 1.85. The molecule has 0 unspecified atom stereocenters. The standard InChI is InChI=1S/C17H13N3OS/c1-3-10-4-5-11-12(20-10)6-7-13-14(11)15-16(22-13)17(21)19-9(2)8-18-15/h1,4-7,9,18H,8H2,2H3,(H,19,21)/t9-/m1/s1. The van der Waals surface area contributed by atoms with Crippen LogP contribution in [0.3, 0.4) is 0 Å². The van der Waals surface area contributed by atoms with Gasteiger partial charge in [0.2, 0.25) is 0 Å². The third-order valence-electron chi connectivity index (χ3n) is 3.84. The number of benzene rings is 1. The molecule has 2 aromatic heterocycles. The second kappa shape index (κ2) is 4.72. The summed E-state index contributed by atoms with van der Waals surface area (Å²) in [5, 5.41) is 8.47. The molecule has 22 heavy (non-hydrogen) atoms. The van der Waals surface area contributed by atoms with Crippen molar-refractivity contribution in [3.63, 3.8) is 0 Å². The number of fused-ring (bicyclic) bond motifs is 5. The van der Waals surface area contributed by atoms with Crippen LogP contribution in [0.2, 0.25) is 0 Å². The molecular weight excluding hydrogens is 294 g/mol. The number of nitrogens with zero attached hydrogens (tertiary/aromatic N) is 1. The van der Waals surface area contributed by atoms with Gasteiger partial charge in [-0.15, -0.1) is 17.8 Å². The Balaban J connectivity index is 2.06. The van der Waals surface area contributed by atoms with E-state index in [0.29, 0.717) is 12.2 Å². The molecule has 0 aliphatic carbocycles. The van der Waals surface area contributed by atoms with Crippen LogP contribution in [-0.2, 0) is 0 Å². The topological polar surface area (TPSA) is 54.0 Å². The smallest absolute Gasteiger partial charge is 0.263 e. The normalized spacial score (nSPS) is 17.5. The Bertz CT molecular complexity index is 967. The zero-order valence-corrected chi connectivity index (χ0v) is 12.8. The van der Waals surface area contributed by atoms with Crippen LogP contribution in [0.25, 0.3) is 21.0 Å². The maximum absolute atomic E-state index is 12.3. The quantitative estimate of drug-likeness (QED) is 0.628. The fourth-order valence-electron chi connectivity index (χ4n) is 2.81. The lowest BCUT2D eigenvalue weighted by molar-refractivity contribution is 0.0949. The summed E-state index contributed by atoms with van der Waals surface area (Å²) in [4.78, 5) is 17.5. The van der Waals surface area contributed by atoms with Gasteiger partial charge in [-0.1, -0.05) is 5.92 Å². The van der Waals surface area contributed by atoms with Crippen molar-refractivity contribution in [3.8, 4) is 12.3 Å². The molecule has 1 aliphatic rings. The molecule has 0 fully saturated rings. The number of carbonyl (C=O) groups is 1. The van der Waals surface area contributed by atoms with Crippen molar-refractivity contribution in [2.24, 2.45) is 0 Å². The molecule has 0 saturated carbocycles. The largest absolute Gasteiger partial charge is 0.381 e. The molecule has 3 aromatic rings. The summed E-state index contributed by atoms with van der Waals surface area (Å²) in [7, 11) is 0. The van der Waals surface area contributed by atoms with E-state index in [1.165, 1.54) is 11.3 Å². The average molecular weight is 307 g/mol. The van der Waals surface area contributed by atoms with Crippen molar-refractivity contribution >= 4 is 43.9 Å². The number of hydrogen-bond donors (Lipinski definition) is 2. The van der Waals surface area contributed by atoms with E-state index in [1.807, 2.05) is 31.2 Å². The highest BCUT2D eigenvalue weighted by molar-refractivity contribution is 7.21. The van der Waals surface area contributed by atoms with E-state index in [9.17, 15) is 4.79 Å². The van der Waals surface area contributed by atoms with Gasteiger partial charge in [-0.05, 0) is 31.2 Å². The minimum atomic E-state index is -0.0185. The Morgan fingerprint density at radius 1 is 1.36 bits per heavy atom. The van der Waals surface area contributed by atoms with Gasteiger partial charge >= 0.3 is 0 Å². The summed E-state index contributed by atoms with van der Waals surface area (Å²) >= 11 is 1.51. The van der Waals surface area contributed by atoms with Crippen LogP contribution in [0.5, 0.6) is 0 Å². The summed E-state index contributed by atoms with van der Waals surface area (Å²) < 4.78 is 1.07. The number of hydrogen-bond acceptors (Lipinski definition) is 4. The van der Waals surface area contributed by atoms with Gasteiger partial charge in [0.25, 0.3) is 5.91 Å². The summed E-state index contributed by atoms with van der Waals surface area (Å²) in [6, 6.07) is 7.88. The van der Waals surface area contributed by atoms with Crippen molar-refractivity contribution in [2.75, 3.05) is 11.9 Å². The molecule has 4 nitrogen and oxygen atoms in total. The maximum Gasteiger partial charge on any atom is 0.263 e. The molecule has 0 saturated heterocycles. The van der Waals surface area contributed by atoms with Crippen molar-refractivity contribution in [1.29, 1.82) is 0 Å². The van der Waals surface area contributed by atoms with Gasteiger partial charge in [-0.25, -0.2) is 4.98 Å². The van der Waals surface area contributed by atoms with Crippen LogP contribution in [0, 0.1) is 12.3 Å². The van der Waals surface area contributed by atoms with E-state index >= 15 is 0 Å². The molecule has 4 rings (SSSR count). The monoisotopic (exact) mass is 307 g/mol. The van der Waals surface area contributed by atoms with Crippen molar-refractivity contribution < 1.29 is 4.79 Å². The maximum atomic E-state index is 12.3. The van der Waals surface area contributed by atoms with E-state index in [2.05, 4.69) is 21.5 Å². The van der Waals surface area contributed by atoms with E-state index in [1.54, 1.807) is 0 Å². The van der Waals surface area contributed by atoms with E-state index in [0.717, 1.165) is 31.6 Å². The van der Waals surface area contributed by atoms with Crippen LogP contribution >= 0.6 is 11.3 Å². The zero-order chi connectivity index (χ0) is 15.3. The van der Waals surface area contributed by atoms with Crippen LogP contribution in [-0.4, -0.2) is 23.5 Å². The Hall–Kier alpha value is -2.58. The van der Waals surface area contributed by atoms with Crippen LogP contribution in [0.15, 0.2) is 24.3 Å². The predicted octanol–water partition coefficient (Wildman–Crippen LogP) is 2.97. The summed E-state index contributed by atoms with van der Waals surface area (Å²) in [6.45, 7) is 2.69. The number of nitrogens with one attached hydrogen (secondary N) is 2. The van der Waals surface area contributed by atoms with Crippen LogP contribution < -0.4 is 10.6 Å². The molecule has 0 radical (unpaired) electrons.